The van der Waals surface area contributed by atoms with Gasteiger partial charge in [0, 0.05) is 36.4 Å². The number of pyridine rings is 1. The molecule has 2 unspecified atom stereocenters. The third kappa shape index (κ3) is 3.67. The number of nitrogen functional groups attached to an aromatic ring is 1. The summed E-state index contributed by atoms with van der Waals surface area (Å²) in [5.74, 6) is 0.286. The molecule has 4 N–H and O–H groups in total. The van der Waals surface area contributed by atoms with Crippen molar-refractivity contribution < 1.29 is 4.74 Å². The lowest BCUT2D eigenvalue weighted by molar-refractivity contribution is 0.122. The van der Waals surface area contributed by atoms with Crippen LogP contribution in [0.4, 0.5) is 11.5 Å². The Hall–Kier alpha value is -2.66. The number of anilines is 2. The summed E-state index contributed by atoms with van der Waals surface area (Å²) in [4.78, 5) is 6.82. The molecule has 0 saturated carbocycles. The number of morpholine rings is 1. The van der Waals surface area contributed by atoms with Crippen molar-refractivity contribution in [2.75, 3.05) is 36.9 Å². The van der Waals surface area contributed by atoms with Crippen molar-refractivity contribution in [1.82, 2.24) is 15.8 Å². The average Bonchev–Trinajstić information content (AvgIpc) is 3.23. The molecule has 2 aliphatic rings. The molecule has 2 fully saturated rings. The number of benzene rings is 1. The van der Waals surface area contributed by atoms with E-state index >= 15 is 0 Å². The molecule has 2 aromatic rings. The molecular weight excluding hydrogens is 352 g/mol. The van der Waals surface area contributed by atoms with E-state index in [2.05, 4.69) is 58.0 Å². The minimum atomic E-state index is 0.0521. The van der Waals surface area contributed by atoms with Crippen molar-refractivity contribution in [3.8, 4) is 17.3 Å². The molecule has 0 radical (unpaired) electrons. The van der Waals surface area contributed by atoms with Crippen LogP contribution in [0, 0.1) is 11.3 Å². The molecule has 3 heterocycles. The monoisotopic (exact) mass is 378 g/mol. The zero-order valence-corrected chi connectivity index (χ0v) is 16.1. The van der Waals surface area contributed by atoms with E-state index in [4.69, 9.17) is 10.5 Å². The van der Waals surface area contributed by atoms with Crippen molar-refractivity contribution in [2.45, 2.75) is 31.8 Å². The van der Waals surface area contributed by atoms with Gasteiger partial charge >= 0.3 is 0 Å². The van der Waals surface area contributed by atoms with Crippen molar-refractivity contribution in [3.05, 3.63) is 41.5 Å². The number of ether oxygens (including phenoxy) is 1. The highest BCUT2D eigenvalue weighted by atomic mass is 16.5. The van der Waals surface area contributed by atoms with Crippen LogP contribution in [-0.4, -0.2) is 37.3 Å². The maximum absolute atomic E-state index is 9.59. The Morgan fingerprint density at radius 1 is 1.25 bits per heavy atom. The second-order valence-corrected chi connectivity index (χ2v) is 7.30. The minimum Gasteiger partial charge on any atom is -0.383 e. The highest BCUT2D eigenvalue weighted by Crippen LogP contribution is 2.32. The molecule has 146 valence electrons. The molecule has 2 aliphatic heterocycles. The first-order valence-corrected chi connectivity index (χ1v) is 9.84. The average molecular weight is 378 g/mol. The fourth-order valence-electron chi connectivity index (χ4n) is 3.89. The summed E-state index contributed by atoms with van der Waals surface area (Å²) in [6.07, 6.45) is 1.95. The number of aromatic nitrogens is 1. The summed E-state index contributed by atoms with van der Waals surface area (Å²) in [6.45, 7) is 5.49. The lowest BCUT2D eigenvalue weighted by atomic mass is 9.95. The number of hydrogen-bond donors (Lipinski definition) is 3. The van der Waals surface area contributed by atoms with Gasteiger partial charge in [-0.05, 0) is 36.6 Å². The zero-order valence-electron chi connectivity index (χ0n) is 16.1. The molecule has 1 aromatic carbocycles. The van der Waals surface area contributed by atoms with Gasteiger partial charge in [-0.1, -0.05) is 19.1 Å². The minimum absolute atomic E-state index is 0.0521. The molecule has 2 atom stereocenters. The maximum Gasteiger partial charge on any atom is 0.142 e. The third-order valence-electron chi connectivity index (χ3n) is 5.58. The molecule has 0 aliphatic carbocycles. The fourth-order valence-corrected chi connectivity index (χ4v) is 3.89. The molecule has 1 aromatic heterocycles. The van der Waals surface area contributed by atoms with Gasteiger partial charge in [-0.25, -0.2) is 10.4 Å². The molecular formula is C21H26N6O. The molecule has 0 spiro atoms. The number of rotatable bonds is 4. The van der Waals surface area contributed by atoms with Gasteiger partial charge in [0.1, 0.15) is 11.9 Å². The van der Waals surface area contributed by atoms with Gasteiger partial charge in [-0.15, -0.1) is 0 Å². The van der Waals surface area contributed by atoms with E-state index in [0.717, 1.165) is 56.0 Å². The van der Waals surface area contributed by atoms with Gasteiger partial charge in [0.15, 0.2) is 0 Å². The Kier molecular flexibility index (Phi) is 5.44. The normalized spacial score (nSPS) is 22.2. The molecule has 7 heteroatoms. The smallest absolute Gasteiger partial charge is 0.142 e. The van der Waals surface area contributed by atoms with E-state index in [1.807, 2.05) is 6.07 Å². The Morgan fingerprint density at radius 3 is 2.64 bits per heavy atom. The van der Waals surface area contributed by atoms with Gasteiger partial charge < -0.3 is 15.4 Å². The van der Waals surface area contributed by atoms with Crippen LogP contribution in [0.1, 0.15) is 36.9 Å². The molecule has 7 nitrogen and oxygen atoms in total. The summed E-state index contributed by atoms with van der Waals surface area (Å²) in [5.41, 5.74) is 17.1. The third-order valence-corrected chi connectivity index (χ3v) is 5.58. The topological polar surface area (TPSA) is 99.2 Å². The summed E-state index contributed by atoms with van der Waals surface area (Å²) in [5, 5.41) is 9.59. The summed E-state index contributed by atoms with van der Waals surface area (Å²) >= 11 is 0. The van der Waals surface area contributed by atoms with Crippen molar-refractivity contribution in [1.29, 1.82) is 5.26 Å². The Bertz CT molecular complexity index is 870. The largest absolute Gasteiger partial charge is 0.383 e. The first-order valence-electron chi connectivity index (χ1n) is 9.84. The summed E-state index contributed by atoms with van der Waals surface area (Å²) in [7, 11) is 0. The van der Waals surface area contributed by atoms with E-state index in [1.165, 1.54) is 5.69 Å². The van der Waals surface area contributed by atoms with Crippen molar-refractivity contribution in [3.63, 3.8) is 0 Å². The standard InChI is InChI=1S/C21H26N6O/c1-2-15-11-20(26-25-15)17-12-19(24-21(23)18(17)13-22)14-3-5-16(6-4-14)27-7-9-28-10-8-27/h3-6,12,15,20,25-26H,2,7-11H2,1H3,(H2,23,24). The van der Waals surface area contributed by atoms with Crippen LogP contribution in [0.25, 0.3) is 11.3 Å². The lowest BCUT2D eigenvalue weighted by Gasteiger charge is -2.28. The summed E-state index contributed by atoms with van der Waals surface area (Å²) < 4.78 is 5.42. The number of nitrogens with one attached hydrogen (secondary N) is 2. The Labute approximate surface area is 165 Å². The molecule has 28 heavy (non-hydrogen) atoms. The van der Waals surface area contributed by atoms with E-state index in [9.17, 15) is 5.26 Å². The van der Waals surface area contributed by atoms with Crippen molar-refractivity contribution >= 4 is 11.5 Å². The van der Waals surface area contributed by atoms with E-state index in [-0.39, 0.29) is 11.9 Å². The van der Waals surface area contributed by atoms with E-state index in [0.29, 0.717) is 11.6 Å². The molecule has 0 bridgehead atoms. The van der Waals surface area contributed by atoms with E-state index in [1.54, 1.807) is 0 Å². The molecule has 4 rings (SSSR count). The first-order chi connectivity index (χ1) is 13.7. The number of hydrazine groups is 1. The van der Waals surface area contributed by atoms with Crippen molar-refractivity contribution in [2.24, 2.45) is 0 Å². The second kappa shape index (κ2) is 8.15. The van der Waals surface area contributed by atoms with Crippen LogP contribution in [0.5, 0.6) is 0 Å². The van der Waals surface area contributed by atoms with Gasteiger partial charge in [0.05, 0.1) is 24.5 Å². The molecule has 0 amide bonds. The van der Waals surface area contributed by atoms with Crippen LogP contribution >= 0.6 is 0 Å². The molecule has 2 saturated heterocycles. The summed E-state index contributed by atoms with van der Waals surface area (Å²) in [6, 6.07) is 13.0. The number of nitriles is 1. The first kappa shape index (κ1) is 18.7. The Balaban J connectivity index is 1.63. The maximum atomic E-state index is 9.59. The Morgan fingerprint density at radius 2 is 2.00 bits per heavy atom. The van der Waals surface area contributed by atoms with Crippen LogP contribution in [0.15, 0.2) is 30.3 Å². The van der Waals surface area contributed by atoms with Gasteiger partial charge in [-0.3, -0.25) is 5.43 Å². The zero-order chi connectivity index (χ0) is 19.5. The fraction of sp³-hybridized carbons (Fsp3) is 0.429. The van der Waals surface area contributed by atoms with Gasteiger partial charge in [0.2, 0.25) is 0 Å². The van der Waals surface area contributed by atoms with E-state index < -0.39 is 0 Å². The number of hydrogen-bond acceptors (Lipinski definition) is 7. The number of nitrogens with zero attached hydrogens (tertiary/aromatic N) is 3. The predicted octanol–water partition coefficient (Wildman–Crippen LogP) is 2.36. The number of nitrogens with two attached hydrogens (primary N) is 1. The van der Waals surface area contributed by atoms with Gasteiger partial charge in [0.25, 0.3) is 0 Å². The van der Waals surface area contributed by atoms with Crippen LogP contribution in [0.3, 0.4) is 0 Å². The quantitative estimate of drug-likeness (QED) is 0.751. The van der Waals surface area contributed by atoms with Crippen LogP contribution < -0.4 is 21.5 Å². The second-order valence-electron chi connectivity index (χ2n) is 7.30. The SMILES string of the molecule is CCC1CC(c2cc(-c3ccc(N4CCOCC4)cc3)nc(N)c2C#N)NN1. The lowest BCUT2D eigenvalue weighted by Crippen LogP contribution is -2.36. The highest BCUT2D eigenvalue weighted by molar-refractivity contribution is 5.68. The predicted molar refractivity (Wildman–Crippen MR) is 110 cm³/mol. The highest BCUT2D eigenvalue weighted by Gasteiger charge is 2.27. The van der Waals surface area contributed by atoms with Gasteiger partial charge in [-0.2, -0.15) is 5.26 Å². The van der Waals surface area contributed by atoms with Crippen LogP contribution in [0.2, 0.25) is 0 Å². The van der Waals surface area contributed by atoms with Crippen LogP contribution in [-0.2, 0) is 4.74 Å².